The number of amides is 1. The fourth-order valence-corrected chi connectivity index (χ4v) is 5.92. The summed E-state index contributed by atoms with van der Waals surface area (Å²) in [4.78, 5) is 12.8. The van der Waals surface area contributed by atoms with Crippen LogP contribution in [0.2, 0.25) is 0 Å². The molecular weight excluding hydrogens is 550 g/mol. The largest absolute Gasteiger partial charge is 0.495 e. The van der Waals surface area contributed by atoms with Crippen molar-refractivity contribution in [2.24, 2.45) is 0 Å². The highest BCUT2D eigenvalue weighted by molar-refractivity contribution is 9.10. The molecule has 1 heterocycles. The number of hydrogen-bond donors (Lipinski definition) is 1. The van der Waals surface area contributed by atoms with Crippen LogP contribution in [0.4, 0.5) is 11.4 Å². The molecule has 0 atom stereocenters. The zero-order valence-electron chi connectivity index (χ0n) is 18.9. The molecule has 0 radical (unpaired) electrons. The van der Waals surface area contributed by atoms with E-state index in [1.54, 1.807) is 25.1 Å². The second kappa shape index (κ2) is 10.6. The number of aryl methyl sites for hydroxylation is 1. The third-order valence-corrected chi connectivity index (χ3v) is 9.09. The van der Waals surface area contributed by atoms with Gasteiger partial charge in [0.1, 0.15) is 12.3 Å². The predicted octanol–water partition coefficient (Wildman–Crippen LogP) is 2.19. The number of carbonyl (C=O) groups is 1. The lowest BCUT2D eigenvalue weighted by Gasteiger charge is -2.26. The molecule has 34 heavy (non-hydrogen) atoms. The topological polar surface area (TPSA) is 122 Å². The van der Waals surface area contributed by atoms with Gasteiger partial charge in [0.05, 0.1) is 42.8 Å². The number of ether oxygens (including phenoxy) is 2. The number of methoxy groups -OCH3 is 1. The zero-order chi connectivity index (χ0) is 25.1. The lowest BCUT2D eigenvalue weighted by Crippen LogP contribution is -2.40. The summed E-state index contributed by atoms with van der Waals surface area (Å²) in [6.45, 7) is 2.35. The van der Waals surface area contributed by atoms with Gasteiger partial charge in [0.25, 0.3) is 0 Å². The van der Waals surface area contributed by atoms with E-state index in [4.69, 9.17) is 9.47 Å². The first-order chi connectivity index (χ1) is 15.9. The Balaban J connectivity index is 1.87. The summed E-state index contributed by atoms with van der Waals surface area (Å²) < 4.78 is 64.4. The molecule has 0 unspecified atom stereocenters. The Hall–Kier alpha value is -2.19. The minimum Gasteiger partial charge on any atom is -0.495 e. The number of nitrogens with one attached hydrogen (secondary N) is 1. The number of carbonyl (C=O) groups excluding carboxylic acids is 1. The Labute approximate surface area is 208 Å². The van der Waals surface area contributed by atoms with E-state index in [2.05, 4.69) is 21.2 Å². The van der Waals surface area contributed by atoms with Crippen molar-refractivity contribution in [2.45, 2.75) is 11.8 Å². The average Bonchev–Trinajstić information content (AvgIpc) is 2.79. The molecular formula is C21H26BrN3O7S2. The molecule has 1 amide bonds. The van der Waals surface area contributed by atoms with Crippen LogP contribution in [0.1, 0.15) is 5.56 Å². The van der Waals surface area contributed by atoms with E-state index in [-0.39, 0.29) is 29.4 Å². The van der Waals surface area contributed by atoms with Gasteiger partial charge in [-0.1, -0.05) is 15.9 Å². The minimum absolute atomic E-state index is 0.0194. The molecule has 2 aromatic carbocycles. The van der Waals surface area contributed by atoms with Crippen LogP contribution in [-0.2, 0) is 29.6 Å². The smallest absolute Gasteiger partial charge is 0.245 e. The second-order valence-electron chi connectivity index (χ2n) is 7.63. The molecule has 13 heteroatoms. The maximum absolute atomic E-state index is 13.0. The van der Waals surface area contributed by atoms with Gasteiger partial charge in [-0.3, -0.25) is 9.10 Å². The van der Waals surface area contributed by atoms with E-state index in [0.717, 1.165) is 20.6 Å². The zero-order valence-corrected chi connectivity index (χ0v) is 22.2. The molecule has 1 N–H and O–H groups in total. The van der Waals surface area contributed by atoms with E-state index in [9.17, 15) is 21.6 Å². The summed E-state index contributed by atoms with van der Waals surface area (Å²) >= 11 is 3.37. The highest BCUT2D eigenvalue weighted by atomic mass is 79.9. The van der Waals surface area contributed by atoms with Crippen molar-refractivity contribution in [2.75, 3.05) is 55.8 Å². The first kappa shape index (κ1) is 26.4. The van der Waals surface area contributed by atoms with Gasteiger partial charge in [0, 0.05) is 17.6 Å². The van der Waals surface area contributed by atoms with Gasteiger partial charge >= 0.3 is 0 Å². The molecule has 186 valence electrons. The van der Waals surface area contributed by atoms with Gasteiger partial charge in [-0.2, -0.15) is 4.31 Å². The lowest BCUT2D eigenvalue weighted by atomic mass is 10.2. The lowest BCUT2D eigenvalue weighted by molar-refractivity contribution is -0.114. The van der Waals surface area contributed by atoms with Crippen molar-refractivity contribution in [3.63, 3.8) is 0 Å². The van der Waals surface area contributed by atoms with Crippen LogP contribution in [0.15, 0.2) is 45.8 Å². The van der Waals surface area contributed by atoms with Crippen molar-refractivity contribution >= 4 is 53.3 Å². The summed E-state index contributed by atoms with van der Waals surface area (Å²) in [7, 11) is -6.21. The van der Waals surface area contributed by atoms with E-state index < -0.39 is 32.5 Å². The Morgan fingerprint density at radius 2 is 1.82 bits per heavy atom. The molecule has 1 aliphatic rings. The Morgan fingerprint density at radius 1 is 1.15 bits per heavy atom. The van der Waals surface area contributed by atoms with Crippen molar-refractivity contribution < 1.29 is 31.1 Å². The number of morpholine rings is 1. The van der Waals surface area contributed by atoms with Gasteiger partial charge in [0.15, 0.2) is 0 Å². The van der Waals surface area contributed by atoms with E-state index in [1.807, 2.05) is 0 Å². The number of benzene rings is 2. The Morgan fingerprint density at radius 3 is 2.41 bits per heavy atom. The molecule has 10 nitrogen and oxygen atoms in total. The van der Waals surface area contributed by atoms with Gasteiger partial charge < -0.3 is 14.8 Å². The SMILES string of the molecule is COc1ccc(S(=O)(=O)N2CCOCC2)cc1NC(=O)CN(c1ccc(Br)c(C)c1)S(C)(=O)=O. The number of sulfonamides is 2. The van der Waals surface area contributed by atoms with E-state index in [1.165, 1.54) is 29.6 Å². The first-order valence-corrected chi connectivity index (χ1v) is 14.3. The molecule has 1 saturated heterocycles. The van der Waals surface area contributed by atoms with Crippen LogP contribution in [0.5, 0.6) is 5.75 Å². The molecule has 2 aromatic rings. The molecule has 0 bridgehead atoms. The Kier molecular flexibility index (Phi) is 8.24. The molecule has 0 saturated carbocycles. The minimum atomic E-state index is -3.81. The van der Waals surface area contributed by atoms with Gasteiger partial charge in [-0.25, -0.2) is 16.8 Å². The van der Waals surface area contributed by atoms with Gasteiger partial charge in [-0.05, 0) is 48.9 Å². The fraction of sp³-hybridized carbons (Fsp3) is 0.381. The number of anilines is 2. The molecule has 3 rings (SSSR count). The summed E-state index contributed by atoms with van der Waals surface area (Å²) in [5.41, 5.74) is 1.24. The quantitative estimate of drug-likeness (QED) is 0.511. The normalized spacial score (nSPS) is 15.1. The molecule has 0 aromatic heterocycles. The van der Waals surface area contributed by atoms with Gasteiger partial charge in [0.2, 0.25) is 26.0 Å². The maximum Gasteiger partial charge on any atom is 0.245 e. The van der Waals surface area contributed by atoms with Crippen LogP contribution in [0.3, 0.4) is 0 Å². The van der Waals surface area contributed by atoms with Crippen molar-refractivity contribution in [3.8, 4) is 5.75 Å². The number of nitrogens with zero attached hydrogens (tertiary/aromatic N) is 2. The summed E-state index contributed by atoms with van der Waals surface area (Å²) in [6, 6.07) is 9.07. The molecule has 0 spiro atoms. The summed E-state index contributed by atoms with van der Waals surface area (Å²) in [5.74, 6) is -0.426. The van der Waals surface area contributed by atoms with Gasteiger partial charge in [-0.15, -0.1) is 0 Å². The standard InChI is InChI=1S/C21H26BrN3O7S2/c1-15-12-16(4-6-18(15)22)25(33(3,27)28)14-21(26)23-19-13-17(5-7-20(19)31-2)34(29,30)24-8-10-32-11-9-24/h4-7,12-13H,8-11,14H2,1-3H3,(H,23,26). The van der Waals surface area contributed by atoms with Crippen molar-refractivity contribution in [3.05, 3.63) is 46.4 Å². The summed E-state index contributed by atoms with van der Waals surface area (Å²) in [5, 5.41) is 2.59. The van der Waals surface area contributed by atoms with Crippen LogP contribution in [0, 0.1) is 6.92 Å². The highest BCUT2D eigenvalue weighted by Gasteiger charge is 2.28. The Bertz CT molecular complexity index is 1280. The van der Waals surface area contributed by atoms with Crippen molar-refractivity contribution in [1.29, 1.82) is 0 Å². The fourth-order valence-electron chi connectivity index (χ4n) is 3.39. The number of rotatable bonds is 8. The molecule has 1 fully saturated rings. The van der Waals surface area contributed by atoms with Crippen LogP contribution < -0.4 is 14.4 Å². The number of hydrogen-bond acceptors (Lipinski definition) is 7. The van der Waals surface area contributed by atoms with Crippen LogP contribution >= 0.6 is 15.9 Å². The monoisotopic (exact) mass is 575 g/mol. The first-order valence-electron chi connectivity index (χ1n) is 10.2. The predicted molar refractivity (Wildman–Crippen MR) is 132 cm³/mol. The molecule has 1 aliphatic heterocycles. The second-order valence-corrected chi connectivity index (χ2v) is 12.3. The average molecular weight is 576 g/mol. The third-order valence-electron chi connectivity index (χ3n) is 5.17. The van der Waals surface area contributed by atoms with E-state index >= 15 is 0 Å². The number of halogens is 1. The highest BCUT2D eigenvalue weighted by Crippen LogP contribution is 2.30. The van der Waals surface area contributed by atoms with Crippen LogP contribution in [-0.4, -0.2) is 73.3 Å². The molecule has 0 aliphatic carbocycles. The summed E-state index contributed by atoms with van der Waals surface area (Å²) in [6.07, 6.45) is 1.01. The van der Waals surface area contributed by atoms with Crippen LogP contribution in [0.25, 0.3) is 0 Å². The van der Waals surface area contributed by atoms with E-state index in [0.29, 0.717) is 18.9 Å². The van der Waals surface area contributed by atoms with Crippen molar-refractivity contribution in [1.82, 2.24) is 4.31 Å². The maximum atomic E-state index is 13.0. The third kappa shape index (κ3) is 6.08.